The lowest BCUT2D eigenvalue weighted by Crippen LogP contribution is -2.15. The van der Waals surface area contributed by atoms with Crippen molar-refractivity contribution in [3.05, 3.63) is 41.3 Å². The fraction of sp³-hybridized carbons (Fsp3) is 0.444. The highest BCUT2D eigenvalue weighted by molar-refractivity contribution is 6.32. The van der Waals surface area contributed by atoms with Crippen molar-refractivity contribution in [3.8, 4) is 5.69 Å². The highest BCUT2D eigenvalue weighted by atomic mass is 35.5. The predicted octanol–water partition coefficient (Wildman–Crippen LogP) is 4.71. The Kier molecular flexibility index (Phi) is 3.64. The standard InChI is InChI=1S/C18H21ClN4/c1-12-5-3-4-6-15(12)16-8-18-13(7-17(16)19)9-21-23(18)14-10-20-22(2)11-14/h7-12,15H,3-6H2,1-2H3. The molecular formula is C18H21ClN4. The third-order valence-corrected chi connectivity index (χ3v) is 5.46. The van der Waals surface area contributed by atoms with Gasteiger partial charge in [-0.05, 0) is 36.0 Å². The quantitative estimate of drug-likeness (QED) is 0.683. The molecule has 2 aromatic heterocycles. The summed E-state index contributed by atoms with van der Waals surface area (Å²) in [5.41, 5.74) is 3.36. The molecule has 0 aliphatic heterocycles. The second-order valence-electron chi connectivity index (χ2n) is 6.73. The normalized spacial score (nSPS) is 21.9. The molecule has 1 aromatic carbocycles. The van der Waals surface area contributed by atoms with E-state index in [9.17, 15) is 0 Å². The molecular weight excluding hydrogens is 308 g/mol. The third-order valence-electron chi connectivity index (χ3n) is 5.13. The van der Waals surface area contributed by atoms with Crippen LogP contribution in [-0.2, 0) is 7.05 Å². The summed E-state index contributed by atoms with van der Waals surface area (Å²) >= 11 is 6.61. The van der Waals surface area contributed by atoms with E-state index in [4.69, 9.17) is 11.6 Å². The highest BCUT2D eigenvalue weighted by Gasteiger charge is 2.25. The first-order chi connectivity index (χ1) is 11.1. The number of benzene rings is 1. The van der Waals surface area contributed by atoms with Gasteiger partial charge in [-0.15, -0.1) is 0 Å². The molecule has 1 aliphatic rings. The van der Waals surface area contributed by atoms with Crippen molar-refractivity contribution in [1.29, 1.82) is 0 Å². The number of nitrogens with zero attached hydrogens (tertiary/aromatic N) is 4. The van der Waals surface area contributed by atoms with Gasteiger partial charge in [0, 0.05) is 17.5 Å². The van der Waals surface area contributed by atoms with Crippen LogP contribution in [0, 0.1) is 5.92 Å². The van der Waals surface area contributed by atoms with Gasteiger partial charge in [0.1, 0.15) is 5.69 Å². The number of hydrogen-bond donors (Lipinski definition) is 0. The molecule has 0 radical (unpaired) electrons. The Morgan fingerprint density at radius 2 is 1.96 bits per heavy atom. The zero-order chi connectivity index (χ0) is 16.0. The van der Waals surface area contributed by atoms with Crippen LogP contribution in [0.25, 0.3) is 16.6 Å². The Bertz CT molecular complexity index is 848. The van der Waals surface area contributed by atoms with Crippen molar-refractivity contribution < 1.29 is 0 Å². The van der Waals surface area contributed by atoms with Crippen LogP contribution >= 0.6 is 11.6 Å². The van der Waals surface area contributed by atoms with Gasteiger partial charge in [0.05, 0.1) is 24.1 Å². The fourth-order valence-electron chi connectivity index (χ4n) is 3.85. The van der Waals surface area contributed by atoms with Crippen LogP contribution in [0.5, 0.6) is 0 Å². The molecule has 0 spiro atoms. The SMILES string of the molecule is CC1CCCCC1c1cc2c(cnn2-c2cnn(C)c2)cc1Cl. The number of aryl methyl sites for hydroxylation is 1. The minimum absolute atomic E-state index is 0.554. The maximum Gasteiger partial charge on any atom is 0.103 e. The average Bonchev–Trinajstić information content (AvgIpc) is 3.13. The summed E-state index contributed by atoms with van der Waals surface area (Å²) in [6.07, 6.45) is 10.8. The van der Waals surface area contributed by atoms with E-state index < -0.39 is 0 Å². The van der Waals surface area contributed by atoms with Crippen LogP contribution in [0.4, 0.5) is 0 Å². The van der Waals surface area contributed by atoms with Gasteiger partial charge < -0.3 is 0 Å². The van der Waals surface area contributed by atoms with Gasteiger partial charge in [-0.2, -0.15) is 10.2 Å². The lowest BCUT2D eigenvalue weighted by atomic mass is 9.76. The lowest BCUT2D eigenvalue weighted by molar-refractivity contribution is 0.331. The summed E-state index contributed by atoms with van der Waals surface area (Å²) in [5, 5.41) is 10.7. The molecule has 2 unspecified atom stereocenters. The van der Waals surface area contributed by atoms with Crippen LogP contribution in [-0.4, -0.2) is 19.6 Å². The van der Waals surface area contributed by atoms with Crippen LogP contribution in [0.3, 0.4) is 0 Å². The Hall–Kier alpha value is -1.81. The molecule has 1 aliphatic carbocycles. The van der Waals surface area contributed by atoms with Crippen LogP contribution in [0.2, 0.25) is 5.02 Å². The first-order valence-corrected chi connectivity index (χ1v) is 8.67. The lowest BCUT2D eigenvalue weighted by Gasteiger charge is -2.29. The van der Waals surface area contributed by atoms with E-state index in [0.29, 0.717) is 11.8 Å². The Morgan fingerprint density at radius 3 is 2.70 bits per heavy atom. The smallest absolute Gasteiger partial charge is 0.103 e. The fourth-order valence-corrected chi connectivity index (χ4v) is 4.16. The van der Waals surface area contributed by atoms with E-state index in [-0.39, 0.29) is 0 Å². The molecule has 0 bridgehead atoms. The molecule has 120 valence electrons. The van der Waals surface area contributed by atoms with Crippen LogP contribution < -0.4 is 0 Å². The van der Waals surface area contributed by atoms with Crippen LogP contribution in [0.1, 0.15) is 44.1 Å². The number of rotatable bonds is 2. The number of hydrogen-bond acceptors (Lipinski definition) is 2. The predicted molar refractivity (Wildman–Crippen MR) is 93.2 cm³/mol. The van der Waals surface area contributed by atoms with E-state index in [2.05, 4.69) is 29.3 Å². The van der Waals surface area contributed by atoms with Gasteiger partial charge in [0.25, 0.3) is 0 Å². The largest absolute Gasteiger partial charge is 0.274 e. The van der Waals surface area contributed by atoms with E-state index >= 15 is 0 Å². The minimum atomic E-state index is 0.554. The zero-order valence-electron chi connectivity index (χ0n) is 13.5. The van der Waals surface area contributed by atoms with Gasteiger partial charge in [-0.3, -0.25) is 4.68 Å². The van der Waals surface area contributed by atoms with E-state index in [1.807, 2.05) is 30.3 Å². The topological polar surface area (TPSA) is 35.6 Å². The van der Waals surface area contributed by atoms with Gasteiger partial charge in [-0.1, -0.05) is 37.8 Å². The summed E-state index contributed by atoms with van der Waals surface area (Å²) < 4.78 is 3.75. The minimum Gasteiger partial charge on any atom is -0.274 e. The summed E-state index contributed by atoms with van der Waals surface area (Å²) in [7, 11) is 1.92. The summed E-state index contributed by atoms with van der Waals surface area (Å²) in [6.45, 7) is 2.35. The number of fused-ring (bicyclic) bond motifs is 1. The Balaban J connectivity index is 1.84. The van der Waals surface area contributed by atoms with Crippen molar-refractivity contribution >= 4 is 22.5 Å². The monoisotopic (exact) mass is 328 g/mol. The Labute approximate surface area is 141 Å². The van der Waals surface area contributed by atoms with Gasteiger partial charge in [0.15, 0.2) is 0 Å². The van der Waals surface area contributed by atoms with E-state index in [0.717, 1.165) is 21.6 Å². The van der Waals surface area contributed by atoms with Crippen molar-refractivity contribution in [1.82, 2.24) is 19.6 Å². The van der Waals surface area contributed by atoms with Crippen molar-refractivity contribution in [2.24, 2.45) is 13.0 Å². The molecule has 3 aromatic rings. The average molecular weight is 329 g/mol. The molecule has 2 heterocycles. The summed E-state index contributed by atoms with van der Waals surface area (Å²) in [5.74, 6) is 1.24. The highest BCUT2D eigenvalue weighted by Crippen LogP contribution is 2.41. The van der Waals surface area contributed by atoms with E-state index in [1.54, 1.807) is 4.68 Å². The summed E-state index contributed by atoms with van der Waals surface area (Å²) in [6, 6.07) is 4.30. The van der Waals surface area contributed by atoms with Gasteiger partial charge in [-0.25, -0.2) is 4.68 Å². The zero-order valence-corrected chi connectivity index (χ0v) is 14.3. The number of halogens is 1. The second kappa shape index (κ2) is 5.68. The molecule has 23 heavy (non-hydrogen) atoms. The molecule has 1 fully saturated rings. The number of aromatic nitrogens is 4. The van der Waals surface area contributed by atoms with Crippen LogP contribution in [0.15, 0.2) is 30.7 Å². The molecule has 1 saturated carbocycles. The third kappa shape index (κ3) is 2.55. The molecule has 0 amide bonds. The van der Waals surface area contributed by atoms with E-state index in [1.165, 1.54) is 31.2 Å². The summed E-state index contributed by atoms with van der Waals surface area (Å²) in [4.78, 5) is 0. The second-order valence-corrected chi connectivity index (χ2v) is 7.14. The molecule has 2 atom stereocenters. The van der Waals surface area contributed by atoms with Gasteiger partial charge >= 0.3 is 0 Å². The molecule has 5 heteroatoms. The molecule has 4 nitrogen and oxygen atoms in total. The molecule has 4 rings (SSSR count). The van der Waals surface area contributed by atoms with Crippen molar-refractivity contribution in [2.45, 2.75) is 38.5 Å². The van der Waals surface area contributed by atoms with Crippen molar-refractivity contribution in [3.63, 3.8) is 0 Å². The Morgan fingerprint density at radius 1 is 1.13 bits per heavy atom. The van der Waals surface area contributed by atoms with Gasteiger partial charge in [0.2, 0.25) is 0 Å². The van der Waals surface area contributed by atoms with Crippen molar-refractivity contribution in [2.75, 3.05) is 0 Å². The first-order valence-electron chi connectivity index (χ1n) is 8.29. The molecule has 0 saturated heterocycles. The molecule has 0 N–H and O–H groups in total. The first kappa shape index (κ1) is 14.8. The maximum absolute atomic E-state index is 6.61. The maximum atomic E-state index is 6.61.